The van der Waals surface area contributed by atoms with E-state index in [0.29, 0.717) is 5.69 Å². The molecule has 114 valence electrons. The summed E-state index contributed by atoms with van der Waals surface area (Å²) in [5.74, 6) is 0. The molecule has 0 saturated carbocycles. The quantitative estimate of drug-likeness (QED) is 0.355. The summed E-state index contributed by atoms with van der Waals surface area (Å²) in [6, 6.07) is 11.7. The Bertz CT molecular complexity index is 738. The van der Waals surface area contributed by atoms with Gasteiger partial charge in [-0.1, -0.05) is 35.3 Å². The van der Waals surface area contributed by atoms with Gasteiger partial charge >= 0.3 is 0 Å². The molecule has 0 fully saturated rings. The number of nitro benzene ring substituents is 1. The monoisotopic (exact) mass is 355 g/mol. The number of thioether (sulfide) groups is 1. The fourth-order valence-corrected chi connectivity index (χ4v) is 2.47. The van der Waals surface area contributed by atoms with Crippen LogP contribution in [-0.2, 0) is 0 Å². The number of hydrazone groups is 1. The van der Waals surface area contributed by atoms with Crippen LogP contribution in [0.4, 0.5) is 11.4 Å². The van der Waals surface area contributed by atoms with Gasteiger partial charge in [0.1, 0.15) is 0 Å². The van der Waals surface area contributed by atoms with Gasteiger partial charge in [0.25, 0.3) is 5.69 Å². The lowest BCUT2D eigenvalue weighted by Crippen LogP contribution is -1.98. The van der Waals surface area contributed by atoms with Crippen molar-refractivity contribution < 1.29 is 4.92 Å². The molecule has 2 aromatic rings. The molecular weight excluding hydrogens is 345 g/mol. The maximum Gasteiger partial charge on any atom is 0.271 e. The Kier molecular flexibility index (Phi) is 5.65. The van der Waals surface area contributed by atoms with Crippen LogP contribution in [0.3, 0.4) is 0 Å². The fourth-order valence-electron chi connectivity index (χ4n) is 1.63. The van der Waals surface area contributed by atoms with Crippen molar-refractivity contribution in [3.05, 3.63) is 63.2 Å². The second-order valence-corrected chi connectivity index (χ2v) is 5.81. The molecule has 8 heteroatoms. The standard InChI is InChI=1S/C14H11Cl2N3O2S/c1-22-11-4-2-3-9(7-11)14(16)18-17-13-6-5-10(19(20)21)8-12(13)15/h2-8,17H,1H3. The first-order valence-corrected chi connectivity index (χ1v) is 8.07. The van der Waals surface area contributed by atoms with E-state index in [4.69, 9.17) is 23.2 Å². The number of rotatable bonds is 5. The smallest absolute Gasteiger partial charge is 0.271 e. The third kappa shape index (κ3) is 4.13. The van der Waals surface area contributed by atoms with Gasteiger partial charge in [-0.3, -0.25) is 15.5 Å². The number of nitro groups is 1. The molecule has 0 aliphatic rings. The molecule has 0 aromatic heterocycles. The summed E-state index contributed by atoms with van der Waals surface area (Å²) in [4.78, 5) is 11.2. The third-order valence-electron chi connectivity index (χ3n) is 2.75. The summed E-state index contributed by atoms with van der Waals surface area (Å²) in [7, 11) is 0. The Labute approximate surface area is 141 Å². The number of anilines is 1. The van der Waals surface area contributed by atoms with E-state index in [1.54, 1.807) is 11.8 Å². The SMILES string of the molecule is CSc1cccc(C(Cl)=NNc2ccc([N+](=O)[O-])cc2Cl)c1. The predicted molar refractivity (Wildman–Crippen MR) is 92.3 cm³/mol. The minimum absolute atomic E-state index is 0.0849. The molecule has 5 nitrogen and oxygen atoms in total. The van der Waals surface area contributed by atoms with E-state index in [1.165, 1.54) is 18.2 Å². The summed E-state index contributed by atoms with van der Waals surface area (Å²) in [5, 5.41) is 15.2. The number of hydrogen-bond acceptors (Lipinski definition) is 5. The highest BCUT2D eigenvalue weighted by atomic mass is 35.5. The van der Waals surface area contributed by atoms with Crippen molar-refractivity contribution >= 4 is 51.5 Å². The number of nitrogens with zero attached hydrogens (tertiary/aromatic N) is 2. The first-order chi connectivity index (χ1) is 10.5. The summed E-state index contributed by atoms with van der Waals surface area (Å²) < 4.78 is 0. The Morgan fingerprint density at radius 3 is 2.73 bits per heavy atom. The number of hydrogen-bond donors (Lipinski definition) is 1. The molecule has 22 heavy (non-hydrogen) atoms. The minimum atomic E-state index is -0.514. The van der Waals surface area contributed by atoms with E-state index in [0.717, 1.165) is 10.5 Å². The van der Waals surface area contributed by atoms with Crippen LogP contribution in [0.5, 0.6) is 0 Å². The number of non-ortho nitro benzene ring substituents is 1. The maximum atomic E-state index is 10.7. The van der Waals surface area contributed by atoms with Gasteiger partial charge < -0.3 is 0 Å². The average Bonchev–Trinajstić information content (AvgIpc) is 2.53. The van der Waals surface area contributed by atoms with Crippen molar-refractivity contribution in [3.8, 4) is 0 Å². The summed E-state index contributed by atoms with van der Waals surface area (Å²) in [5.41, 5.74) is 3.82. The van der Waals surface area contributed by atoms with E-state index in [1.807, 2.05) is 30.5 Å². The molecule has 0 aliphatic carbocycles. The molecule has 0 atom stereocenters. The minimum Gasteiger partial charge on any atom is -0.276 e. The van der Waals surface area contributed by atoms with Crippen molar-refractivity contribution in [2.45, 2.75) is 4.90 Å². The van der Waals surface area contributed by atoms with Crippen molar-refractivity contribution in [2.24, 2.45) is 5.10 Å². The van der Waals surface area contributed by atoms with Gasteiger partial charge in [0.05, 0.1) is 15.6 Å². The van der Waals surface area contributed by atoms with Crippen LogP contribution in [0.15, 0.2) is 52.5 Å². The molecular formula is C14H11Cl2N3O2S. The van der Waals surface area contributed by atoms with E-state index in [-0.39, 0.29) is 15.9 Å². The van der Waals surface area contributed by atoms with Crippen LogP contribution in [0.1, 0.15) is 5.56 Å². The molecule has 0 unspecified atom stereocenters. The number of halogens is 2. The highest BCUT2D eigenvalue weighted by Crippen LogP contribution is 2.27. The molecule has 0 spiro atoms. The van der Waals surface area contributed by atoms with Crippen LogP contribution in [0, 0.1) is 10.1 Å². The van der Waals surface area contributed by atoms with Gasteiger partial charge in [0, 0.05) is 22.6 Å². The second-order valence-electron chi connectivity index (χ2n) is 4.17. The van der Waals surface area contributed by atoms with Crippen LogP contribution in [0.25, 0.3) is 0 Å². The van der Waals surface area contributed by atoms with Crippen molar-refractivity contribution in [2.75, 3.05) is 11.7 Å². The van der Waals surface area contributed by atoms with Gasteiger partial charge in [-0.2, -0.15) is 5.10 Å². The van der Waals surface area contributed by atoms with Crippen molar-refractivity contribution in [3.63, 3.8) is 0 Å². The van der Waals surface area contributed by atoms with E-state index in [9.17, 15) is 10.1 Å². The van der Waals surface area contributed by atoms with Crippen LogP contribution < -0.4 is 5.43 Å². The molecule has 0 heterocycles. The third-order valence-corrected chi connectivity index (χ3v) is 4.09. The number of nitrogens with one attached hydrogen (secondary N) is 1. The first-order valence-electron chi connectivity index (χ1n) is 6.09. The Balaban J connectivity index is 2.18. The lowest BCUT2D eigenvalue weighted by Gasteiger charge is -2.05. The lowest BCUT2D eigenvalue weighted by atomic mass is 10.2. The molecule has 0 aliphatic heterocycles. The molecule has 0 saturated heterocycles. The van der Waals surface area contributed by atoms with Crippen molar-refractivity contribution in [1.82, 2.24) is 0 Å². The summed E-state index contributed by atoms with van der Waals surface area (Å²) in [6.45, 7) is 0. The predicted octanol–water partition coefficient (Wildman–Crippen LogP) is 4.98. The zero-order valence-electron chi connectivity index (χ0n) is 11.4. The van der Waals surface area contributed by atoms with E-state index < -0.39 is 4.92 Å². The van der Waals surface area contributed by atoms with E-state index in [2.05, 4.69) is 10.5 Å². The molecule has 2 rings (SSSR count). The largest absolute Gasteiger partial charge is 0.276 e. The van der Waals surface area contributed by atoms with Crippen molar-refractivity contribution in [1.29, 1.82) is 0 Å². The Hall–Kier alpha value is -1.76. The molecule has 0 amide bonds. The lowest BCUT2D eigenvalue weighted by molar-refractivity contribution is -0.384. The van der Waals surface area contributed by atoms with Gasteiger partial charge in [0.2, 0.25) is 0 Å². The second kappa shape index (κ2) is 7.49. The summed E-state index contributed by atoms with van der Waals surface area (Å²) >= 11 is 13.7. The van der Waals surface area contributed by atoms with E-state index >= 15 is 0 Å². The molecule has 1 N–H and O–H groups in total. The highest BCUT2D eigenvalue weighted by molar-refractivity contribution is 7.98. The molecule has 0 radical (unpaired) electrons. The Morgan fingerprint density at radius 1 is 1.32 bits per heavy atom. The maximum absolute atomic E-state index is 10.7. The van der Waals surface area contributed by atoms with Crippen LogP contribution in [-0.4, -0.2) is 16.3 Å². The zero-order chi connectivity index (χ0) is 16.1. The van der Waals surface area contributed by atoms with Crippen LogP contribution >= 0.6 is 35.0 Å². The number of benzene rings is 2. The normalized spacial score (nSPS) is 11.3. The highest BCUT2D eigenvalue weighted by Gasteiger charge is 2.09. The van der Waals surface area contributed by atoms with Gasteiger partial charge in [-0.25, -0.2) is 0 Å². The molecule has 0 bridgehead atoms. The average molecular weight is 356 g/mol. The summed E-state index contributed by atoms with van der Waals surface area (Å²) in [6.07, 6.45) is 1.97. The van der Waals surface area contributed by atoms with Gasteiger partial charge in [0.15, 0.2) is 5.17 Å². The fraction of sp³-hybridized carbons (Fsp3) is 0.0714. The van der Waals surface area contributed by atoms with Gasteiger partial charge in [-0.05, 0) is 24.5 Å². The molecule has 2 aromatic carbocycles. The topological polar surface area (TPSA) is 67.5 Å². The van der Waals surface area contributed by atoms with Crippen LogP contribution in [0.2, 0.25) is 5.02 Å². The van der Waals surface area contributed by atoms with Gasteiger partial charge in [-0.15, -0.1) is 11.8 Å². The Morgan fingerprint density at radius 2 is 2.09 bits per heavy atom. The first kappa shape index (κ1) is 16.6. The zero-order valence-corrected chi connectivity index (χ0v) is 13.7.